The van der Waals surface area contributed by atoms with E-state index in [4.69, 9.17) is 9.47 Å². The molecule has 1 aliphatic heterocycles. The average Bonchev–Trinajstić information content (AvgIpc) is 2.63. The Hall–Kier alpha value is -0.570. The first-order chi connectivity index (χ1) is 6.31. The highest BCUT2D eigenvalue weighted by Gasteiger charge is 2.66. The van der Waals surface area contributed by atoms with E-state index in [1.807, 2.05) is 0 Å². The Bertz CT molecular complexity index is 247. The number of esters is 1. The van der Waals surface area contributed by atoms with E-state index in [2.05, 4.69) is 0 Å². The fourth-order valence-corrected chi connectivity index (χ4v) is 2.30. The minimum atomic E-state index is -0.477. The van der Waals surface area contributed by atoms with E-state index in [0.29, 0.717) is 0 Å². The van der Waals surface area contributed by atoms with Crippen molar-refractivity contribution in [1.82, 2.24) is 0 Å². The average molecular weight is 182 g/mol. The maximum absolute atomic E-state index is 11.7. The number of hydrogen-bond acceptors (Lipinski definition) is 3. The molecule has 1 heterocycles. The standard InChI is InChI=1S/C10H14O3/c11-9(12-7-3-1-4-7)10-6-2-5-8(10)13-10/h7-8H,1-6H2. The predicted molar refractivity (Wildman–Crippen MR) is 45.2 cm³/mol. The quantitative estimate of drug-likeness (QED) is 0.478. The van der Waals surface area contributed by atoms with Crippen LogP contribution in [0.25, 0.3) is 0 Å². The van der Waals surface area contributed by atoms with Crippen molar-refractivity contribution < 1.29 is 14.3 Å². The number of carbonyl (C=O) groups is 1. The summed E-state index contributed by atoms with van der Waals surface area (Å²) in [7, 11) is 0. The van der Waals surface area contributed by atoms with E-state index >= 15 is 0 Å². The van der Waals surface area contributed by atoms with Crippen LogP contribution in [0.5, 0.6) is 0 Å². The fraction of sp³-hybridized carbons (Fsp3) is 0.900. The van der Waals surface area contributed by atoms with Gasteiger partial charge in [0.1, 0.15) is 6.10 Å². The fourth-order valence-electron chi connectivity index (χ4n) is 2.30. The lowest BCUT2D eigenvalue weighted by Gasteiger charge is -2.26. The zero-order valence-electron chi connectivity index (χ0n) is 7.62. The minimum Gasteiger partial charge on any atom is -0.460 e. The summed E-state index contributed by atoms with van der Waals surface area (Å²) in [6, 6.07) is 0. The predicted octanol–water partition coefficient (Wildman–Crippen LogP) is 1.40. The Morgan fingerprint density at radius 2 is 2.15 bits per heavy atom. The molecule has 72 valence electrons. The van der Waals surface area contributed by atoms with E-state index in [0.717, 1.165) is 32.1 Å². The van der Waals surface area contributed by atoms with E-state index in [-0.39, 0.29) is 18.2 Å². The van der Waals surface area contributed by atoms with E-state index < -0.39 is 5.60 Å². The van der Waals surface area contributed by atoms with Gasteiger partial charge in [-0.25, -0.2) is 4.79 Å². The molecule has 1 saturated heterocycles. The van der Waals surface area contributed by atoms with Gasteiger partial charge in [0, 0.05) is 0 Å². The van der Waals surface area contributed by atoms with Crippen LogP contribution in [0, 0.1) is 0 Å². The number of carbonyl (C=O) groups excluding carboxylic acids is 1. The Kier molecular flexibility index (Phi) is 1.48. The van der Waals surface area contributed by atoms with Gasteiger partial charge in [0.05, 0.1) is 6.10 Å². The van der Waals surface area contributed by atoms with E-state index in [1.54, 1.807) is 0 Å². The molecule has 0 aromatic heterocycles. The second-order valence-electron chi connectivity index (χ2n) is 4.35. The first-order valence-corrected chi connectivity index (χ1v) is 5.20. The summed E-state index contributed by atoms with van der Waals surface area (Å²) in [5.41, 5.74) is -0.477. The normalized spacial score (nSPS) is 42.3. The first-order valence-electron chi connectivity index (χ1n) is 5.20. The molecule has 0 bridgehead atoms. The molecule has 2 saturated carbocycles. The van der Waals surface area contributed by atoms with Crippen molar-refractivity contribution in [3.63, 3.8) is 0 Å². The van der Waals surface area contributed by atoms with Gasteiger partial charge in [-0.05, 0) is 38.5 Å². The molecule has 3 heteroatoms. The highest BCUT2D eigenvalue weighted by atomic mass is 16.7. The lowest BCUT2D eigenvalue weighted by Crippen LogP contribution is -2.33. The molecule has 13 heavy (non-hydrogen) atoms. The van der Waals surface area contributed by atoms with E-state index in [1.165, 1.54) is 6.42 Å². The molecule has 3 rings (SSSR count). The summed E-state index contributed by atoms with van der Waals surface area (Å²) in [6.45, 7) is 0. The Balaban J connectivity index is 1.62. The minimum absolute atomic E-state index is 0.0836. The summed E-state index contributed by atoms with van der Waals surface area (Å²) >= 11 is 0. The molecule has 0 N–H and O–H groups in total. The SMILES string of the molecule is O=C(OC1CCC1)C12CCCC1O2. The second kappa shape index (κ2) is 2.47. The monoisotopic (exact) mass is 182 g/mol. The molecule has 3 aliphatic rings. The van der Waals surface area contributed by atoms with Gasteiger partial charge in [0.2, 0.25) is 0 Å². The third kappa shape index (κ3) is 1.03. The largest absolute Gasteiger partial charge is 0.460 e. The van der Waals surface area contributed by atoms with Gasteiger partial charge < -0.3 is 9.47 Å². The second-order valence-corrected chi connectivity index (χ2v) is 4.35. The van der Waals surface area contributed by atoms with Gasteiger partial charge in [0.15, 0.2) is 5.60 Å². The number of ether oxygens (including phenoxy) is 2. The van der Waals surface area contributed by atoms with Crippen molar-refractivity contribution in [3.05, 3.63) is 0 Å². The smallest absolute Gasteiger partial charge is 0.341 e. The molecular weight excluding hydrogens is 168 g/mol. The number of epoxide rings is 1. The zero-order valence-corrected chi connectivity index (χ0v) is 7.62. The molecule has 2 unspecified atom stereocenters. The van der Waals surface area contributed by atoms with Crippen LogP contribution >= 0.6 is 0 Å². The van der Waals surface area contributed by atoms with Crippen molar-refractivity contribution in [2.45, 2.75) is 56.3 Å². The topological polar surface area (TPSA) is 38.8 Å². The summed E-state index contributed by atoms with van der Waals surface area (Å²) in [6.07, 6.45) is 6.73. The summed E-state index contributed by atoms with van der Waals surface area (Å²) in [4.78, 5) is 11.7. The van der Waals surface area contributed by atoms with E-state index in [9.17, 15) is 4.79 Å². The van der Waals surface area contributed by atoms with Crippen LogP contribution in [-0.2, 0) is 14.3 Å². The van der Waals surface area contributed by atoms with Crippen molar-refractivity contribution in [1.29, 1.82) is 0 Å². The molecule has 0 aromatic carbocycles. The Labute approximate surface area is 77.4 Å². The van der Waals surface area contributed by atoms with Gasteiger partial charge in [-0.1, -0.05) is 0 Å². The maximum Gasteiger partial charge on any atom is 0.341 e. The molecule has 0 aromatic rings. The van der Waals surface area contributed by atoms with Crippen molar-refractivity contribution >= 4 is 5.97 Å². The molecule has 2 aliphatic carbocycles. The molecule has 3 nitrogen and oxygen atoms in total. The number of fused-ring (bicyclic) bond motifs is 1. The summed E-state index contributed by atoms with van der Waals surface area (Å²) < 4.78 is 10.7. The first kappa shape index (κ1) is 7.80. The lowest BCUT2D eigenvalue weighted by atomic mass is 9.96. The van der Waals surface area contributed by atoms with Crippen LogP contribution in [0.1, 0.15) is 38.5 Å². The Morgan fingerprint density at radius 1 is 1.31 bits per heavy atom. The number of rotatable bonds is 2. The van der Waals surface area contributed by atoms with Gasteiger partial charge in [0.25, 0.3) is 0 Å². The van der Waals surface area contributed by atoms with Gasteiger partial charge in [-0.3, -0.25) is 0 Å². The van der Waals surface area contributed by atoms with Crippen LogP contribution < -0.4 is 0 Å². The summed E-state index contributed by atoms with van der Waals surface area (Å²) in [5, 5.41) is 0. The highest BCUT2D eigenvalue weighted by molar-refractivity contribution is 5.84. The third-order valence-electron chi connectivity index (χ3n) is 3.50. The van der Waals surface area contributed by atoms with Gasteiger partial charge >= 0.3 is 5.97 Å². The molecule has 3 fully saturated rings. The van der Waals surface area contributed by atoms with Crippen LogP contribution in [0.2, 0.25) is 0 Å². The van der Waals surface area contributed by atoms with Crippen molar-refractivity contribution in [3.8, 4) is 0 Å². The van der Waals surface area contributed by atoms with Crippen LogP contribution in [0.15, 0.2) is 0 Å². The highest BCUT2D eigenvalue weighted by Crippen LogP contribution is 2.51. The van der Waals surface area contributed by atoms with Crippen molar-refractivity contribution in [2.75, 3.05) is 0 Å². The third-order valence-corrected chi connectivity index (χ3v) is 3.50. The van der Waals surface area contributed by atoms with Crippen molar-refractivity contribution in [2.24, 2.45) is 0 Å². The molecule has 0 radical (unpaired) electrons. The molecular formula is C10H14O3. The molecule has 0 spiro atoms. The van der Waals surface area contributed by atoms with Crippen LogP contribution in [-0.4, -0.2) is 23.8 Å². The zero-order chi connectivity index (χ0) is 8.89. The van der Waals surface area contributed by atoms with Gasteiger partial charge in [-0.2, -0.15) is 0 Å². The maximum atomic E-state index is 11.7. The Morgan fingerprint density at radius 3 is 2.62 bits per heavy atom. The van der Waals surface area contributed by atoms with Gasteiger partial charge in [-0.15, -0.1) is 0 Å². The lowest BCUT2D eigenvalue weighted by molar-refractivity contribution is -0.159. The van der Waals surface area contributed by atoms with Crippen LogP contribution in [0.4, 0.5) is 0 Å². The molecule has 2 atom stereocenters. The van der Waals surface area contributed by atoms with Crippen LogP contribution in [0.3, 0.4) is 0 Å². The summed E-state index contributed by atoms with van der Waals surface area (Å²) in [5.74, 6) is -0.0836. The molecule has 0 amide bonds. The number of hydrogen-bond donors (Lipinski definition) is 0.